The lowest BCUT2D eigenvalue weighted by atomic mass is 9.83. The van der Waals surface area contributed by atoms with Crippen molar-refractivity contribution in [3.8, 4) is 5.75 Å². The molecule has 1 rings (SSSR count). The molecule has 0 aliphatic heterocycles. The van der Waals surface area contributed by atoms with Gasteiger partial charge in [-0.2, -0.15) is 0 Å². The van der Waals surface area contributed by atoms with E-state index in [4.69, 9.17) is 4.74 Å². The van der Waals surface area contributed by atoms with Crippen LogP contribution < -0.4 is 10.1 Å². The first-order chi connectivity index (χ1) is 10.1. The molecule has 0 saturated heterocycles. The molecule has 21 heavy (non-hydrogen) atoms. The van der Waals surface area contributed by atoms with Crippen LogP contribution in [0.25, 0.3) is 0 Å². The first-order valence-corrected chi connectivity index (χ1v) is 7.32. The summed E-state index contributed by atoms with van der Waals surface area (Å²) in [6, 6.07) is 6.10. The molecule has 0 fully saturated rings. The van der Waals surface area contributed by atoms with Crippen molar-refractivity contribution in [1.29, 1.82) is 0 Å². The molecule has 1 amide bonds. The Morgan fingerprint density at radius 1 is 1.33 bits per heavy atom. The average molecular weight is 297 g/mol. The Morgan fingerprint density at radius 3 is 2.57 bits per heavy atom. The van der Waals surface area contributed by atoms with Crippen LogP contribution in [0, 0.1) is 11.2 Å². The van der Waals surface area contributed by atoms with Gasteiger partial charge >= 0.3 is 0 Å². The summed E-state index contributed by atoms with van der Waals surface area (Å²) in [4.78, 5) is 11.7. The third kappa shape index (κ3) is 5.34. The quantitative estimate of drug-likeness (QED) is 0.736. The van der Waals surface area contributed by atoms with Crippen LogP contribution in [0.2, 0.25) is 0 Å². The number of amides is 1. The summed E-state index contributed by atoms with van der Waals surface area (Å²) in [7, 11) is 0. The van der Waals surface area contributed by atoms with Crippen molar-refractivity contribution in [2.75, 3.05) is 19.8 Å². The number of aliphatic hydroxyl groups is 1. The molecule has 0 aliphatic rings. The second-order valence-corrected chi connectivity index (χ2v) is 5.17. The zero-order valence-electron chi connectivity index (χ0n) is 12.7. The van der Waals surface area contributed by atoms with Crippen molar-refractivity contribution in [3.63, 3.8) is 0 Å². The minimum Gasteiger partial charge on any atom is -0.490 e. The smallest absolute Gasteiger partial charge is 0.223 e. The number of nitrogens with one attached hydrogen (secondary N) is 1. The van der Waals surface area contributed by atoms with Gasteiger partial charge in [0.2, 0.25) is 5.91 Å². The number of hydrogen-bond acceptors (Lipinski definition) is 3. The summed E-state index contributed by atoms with van der Waals surface area (Å²) >= 11 is 0. The number of ether oxygens (including phenoxy) is 1. The van der Waals surface area contributed by atoms with Gasteiger partial charge in [-0.1, -0.05) is 26.0 Å². The van der Waals surface area contributed by atoms with Crippen LogP contribution in [0.4, 0.5) is 4.39 Å². The first-order valence-electron chi connectivity index (χ1n) is 7.32. The van der Waals surface area contributed by atoms with Crippen LogP contribution in [0.15, 0.2) is 24.3 Å². The van der Waals surface area contributed by atoms with Crippen molar-refractivity contribution in [2.24, 2.45) is 5.41 Å². The van der Waals surface area contributed by atoms with E-state index in [0.29, 0.717) is 6.54 Å². The Labute approximate surface area is 125 Å². The number of carbonyl (C=O) groups excluding carboxylic acids is 1. The van der Waals surface area contributed by atoms with Crippen LogP contribution in [0.1, 0.15) is 33.1 Å². The predicted octanol–water partition coefficient (Wildman–Crippen LogP) is 2.51. The molecular formula is C16H24FNO3. The maximum absolute atomic E-state index is 13.3. The Kier molecular flexibility index (Phi) is 7.15. The van der Waals surface area contributed by atoms with Gasteiger partial charge < -0.3 is 15.2 Å². The van der Waals surface area contributed by atoms with Gasteiger partial charge in [-0.3, -0.25) is 4.79 Å². The van der Waals surface area contributed by atoms with E-state index in [0.717, 1.165) is 12.8 Å². The minimum atomic E-state index is -0.436. The molecule has 4 nitrogen and oxygen atoms in total. The average Bonchev–Trinajstić information content (AvgIpc) is 2.51. The predicted molar refractivity (Wildman–Crippen MR) is 79.6 cm³/mol. The van der Waals surface area contributed by atoms with E-state index in [2.05, 4.69) is 5.32 Å². The van der Waals surface area contributed by atoms with Crippen LogP contribution in [-0.2, 0) is 4.79 Å². The summed E-state index contributed by atoms with van der Waals surface area (Å²) in [5.74, 6) is -0.447. The topological polar surface area (TPSA) is 58.6 Å². The minimum absolute atomic E-state index is 0.0476. The second kappa shape index (κ2) is 8.62. The molecule has 1 aromatic carbocycles. The molecule has 118 valence electrons. The fourth-order valence-corrected chi connectivity index (χ4v) is 1.97. The molecule has 0 unspecified atom stereocenters. The van der Waals surface area contributed by atoms with E-state index in [-0.39, 0.29) is 36.7 Å². The van der Waals surface area contributed by atoms with Gasteiger partial charge in [-0.25, -0.2) is 4.39 Å². The Balaban J connectivity index is 2.33. The van der Waals surface area contributed by atoms with E-state index < -0.39 is 5.82 Å². The lowest BCUT2D eigenvalue weighted by molar-refractivity contribution is -0.122. The largest absolute Gasteiger partial charge is 0.490 e. The zero-order valence-corrected chi connectivity index (χ0v) is 12.7. The zero-order chi connectivity index (χ0) is 15.7. The number of halogens is 1. The molecule has 0 bridgehead atoms. The first kappa shape index (κ1) is 17.4. The normalized spacial score (nSPS) is 11.2. The van der Waals surface area contributed by atoms with Crippen molar-refractivity contribution in [2.45, 2.75) is 33.1 Å². The summed E-state index contributed by atoms with van der Waals surface area (Å²) in [6.45, 7) is 4.60. The van der Waals surface area contributed by atoms with Gasteiger partial charge in [0.15, 0.2) is 11.6 Å². The molecule has 0 spiro atoms. The highest BCUT2D eigenvalue weighted by atomic mass is 19.1. The van der Waals surface area contributed by atoms with Crippen LogP contribution in [0.5, 0.6) is 5.75 Å². The van der Waals surface area contributed by atoms with E-state index in [9.17, 15) is 14.3 Å². The SMILES string of the molecule is CCC(CC)(CO)CNC(=O)CCOc1ccccc1F. The summed E-state index contributed by atoms with van der Waals surface area (Å²) < 4.78 is 18.5. The summed E-state index contributed by atoms with van der Waals surface area (Å²) in [5.41, 5.74) is -0.262. The monoisotopic (exact) mass is 297 g/mol. The number of carbonyl (C=O) groups is 1. The van der Waals surface area contributed by atoms with Gasteiger partial charge in [0, 0.05) is 12.0 Å². The number of hydrogen-bond donors (Lipinski definition) is 2. The molecule has 0 aliphatic carbocycles. The number of aliphatic hydroxyl groups excluding tert-OH is 1. The highest BCUT2D eigenvalue weighted by Crippen LogP contribution is 2.24. The standard InChI is InChI=1S/C16H24FNO3/c1-3-16(4-2,12-19)11-18-15(20)9-10-21-14-8-6-5-7-13(14)17/h5-8,19H,3-4,9-12H2,1-2H3,(H,18,20). The third-order valence-electron chi connectivity index (χ3n) is 3.92. The molecule has 0 radical (unpaired) electrons. The molecule has 0 aromatic heterocycles. The molecule has 2 N–H and O–H groups in total. The number of benzene rings is 1. The summed E-state index contributed by atoms with van der Waals surface area (Å²) in [5, 5.41) is 12.2. The molecule has 5 heteroatoms. The molecule has 0 heterocycles. The maximum atomic E-state index is 13.3. The second-order valence-electron chi connectivity index (χ2n) is 5.17. The molecule has 1 aromatic rings. The van der Waals surface area contributed by atoms with Crippen LogP contribution >= 0.6 is 0 Å². The Bertz CT molecular complexity index is 439. The number of para-hydroxylation sites is 1. The van der Waals surface area contributed by atoms with Crippen molar-refractivity contribution >= 4 is 5.91 Å². The van der Waals surface area contributed by atoms with Gasteiger partial charge in [-0.05, 0) is 25.0 Å². The van der Waals surface area contributed by atoms with Crippen molar-refractivity contribution in [1.82, 2.24) is 5.32 Å². The fraction of sp³-hybridized carbons (Fsp3) is 0.562. The van der Waals surface area contributed by atoms with E-state index in [1.807, 2.05) is 13.8 Å². The van der Waals surface area contributed by atoms with Gasteiger partial charge in [-0.15, -0.1) is 0 Å². The van der Waals surface area contributed by atoms with E-state index >= 15 is 0 Å². The Morgan fingerprint density at radius 2 is 2.00 bits per heavy atom. The van der Waals surface area contributed by atoms with Gasteiger partial charge in [0.1, 0.15) is 0 Å². The van der Waals surface area contributed by atoms with Crippen molar-refractivity contribution < 1.29 is 19.0 Å². The fourth-order valence-electron chi connectivity index (χ4n) is 1.97. The number of rotatable bonds is 9. The maximum Gasteiger partial charge on any atom is 0.223 e. The Hall–Kier alpha value is -1.62. The van der Waals surface area contributed by atoms with Crippen LogP contribution in [0.3, 0.4) is 0 Å². The molecular weight excluding hydrogens is 273 g/mol. The molecule has 0 saturated carbocycles. The lowest BCUT2D eigenvalue weighted by Gasteiger charge is -2.29. The van der Waals surface area contributed by atoms with E-state index in [1.54, 1.807) is 12.1 Å². The van der Waals surface area contributed by atoms with Crippen molar-refractivity contribution in [3.05, 3.63) is 30.1 Å². The van der Waals surface area contributed by atoms with Crippen LogP contribution in [-0.4, -0.2) is 30.8 Å². The highest BCUT2D eigenvalue weighted by Gasteiger charge is 2.25. The van der Waals surface area contributed by atoms with E-state index in [1.165, 1.54) is 12.1 Å². The lowest BCUT2D eigenvalue weighted by Crippen LogP contribution is -2.39. The van der Waals surface area contributed by atoms with Gasteiger partial charge in [0.05, 0.1) is 19.6 Å². The van der Waals surface area contributed by atoms with Gasteiger partial charge in [0.25, 0.3) is 0 Å². The molecule has 0 atom stereocenters. The third-order valence-corrected chi connectivity index (χ3v) is 3.92. The summed E-state index contributed by atoms with van der Waals surface area (Å²) in [6.07, 6.45) is 1.75. The highest BCUT2D eigenvalue weighted by molar-refractivity contribution is 5.76.